The number of nitrogens with zero attached hydrogens (tertiary/aromatic N) is 3. The molecule has 7 nitrogen and oxygen atoms in total. The molecule has 0 radical (unpaired) electrons. The average molecular weight is 341 g/mol. The number of carbonyl (C=O) groups excluding carboxylic acids is 1. The summed E-state index contributed by atoms with van der Waals surface area (Å²) in [6.45, 7) is 5.79. The van der Waals surface area contributed by atoms with Gasteiger partial charge in [0.2, 0.25) is 0 Å². The molecule has 2 aromatic heterocycles. The largest absolute Gasteiger partial charge is 0.465 e. The molecule has 0 aliphatic heterocycles. The molecule has 3 rings (SSSR count). The van der Waals surface area contributed by atoms with E-state index in [0.717, 1.165) is 16.8 Å². The van der Waals surface area contributed by atoms with Crippen LogP contribution in [0.4, 0.5) is 0 Å². The Balaban J connectivity index is 2.03. The van der Waals surface area contributed by atoms with E-state index in [0.29, 0.717) is 17.1 Å². The molecule has 0 saturated heterocycles. The summed E-state index contributed by atoms with van der Waals surface area (Å²) in [4.78, 5) is 27.8. The van der Waals surface area contributed by atoms with Gasteiger partial charge >= 0.3 is 11.7 Å². The summed E-state index contributed by atoms with van der Waals surface area (Å²) < 4.78 is 13.5. The zero-order chi connectivity index (χ0) is 18.1. The second-order valence-corrected chi connectivity index (χ2v) is 5.89. The molecule has 3 aromatic rings. The molecule has 0 amide bonds. The molecule has 0 fully saturated rings. The lowest BCUT2D eigenvalue weighted by Gasteiger charge is -2.12. The Labute approximate surface area is 144 Å². The van der Waals surface area contributed by atoms with Crippen LogP contribution in [0.15, 0.2) is 39.8 Å². The molecule has 130 valence electrons. The maximum absolute atomic E-state index is 12.2. The third-order valence-electron chi connectivity index (χ3n) is 4.05. The summed E-state index contributed by atoms with van der Waals surface area (Å²) in [7, 11) is 1.31. The van der Waals surface area contributed by atoms with Gasteiger partial charge in [-0.25, -0.2) is 19.0 Å². The lowest BCUT2D eigenvalue weighted by molar-refractivity contribution is 0.0599. The van der Waals surface area contributed by atoms with Crippen LogP contribution in [-0.4, -0.2) is 27.4 Å². The number of furan rings is 1. The summed E-state index contributed by atoms with van der Waals surface area (Å²) >= 11 is 0. The standard InChI is InChI=1S/C18H19N3O4/c1-11-5-6-12(2)16(7-11)21-10-19-18(23)20(21)9-14-8-15(13(3)25-14)17(22)24-4/h5-8,10H,9H2,1-4H3. The zero-order valence-electron chi connectivity index (χ0n) is 14.6. The Morgan fingerprint density at radius 2 is 2.00 bits per heavy atom. The lowest BCUT2D eigenvalue weighted by atomic mass is 10.1. The Morgan fingerprint density at radius 1 is 1.24 bits per heavy atom. The highest BCUT2D eigenvalue weighted by Crippen LogP contribution is 2.18. The molecule has 0 aliphatic rings. The van der Waals surface area contributed by atoms with Crippen molar-refractivity contribution in [2.75, 3.05) is 7.11 Å². The molecule has 0 saturated carbocycles. The van der Waals surface area contributed by atoms with Crippen molar-refractivity contribution >= 4 is 5.97 Å². The van der Waals surface area contributed by atoms with Gasteiger partial charge in [0.1, 0.15) is 30.0 Å². The molecular weight excluding hydrogens is 322 g/mol. The van der Waals surface area contributed by atoms with E-state index in [1.165, 1.54) is 18.1 Å². The maximum Gasteiger partial charge on any atom is 0.364 e. The smallest absolute Gasteiger partial charge is 0.364 e. The minimum atomic E-state index is -0.470. The average Bonchev–Trinajstić information content (AvgIpc) is 3.13. The summed E-state index contributed by atoms with van der Waals surface area (Å²) in [6, 6.07) is 7.58. The van der Waals surface area contributed by atoms with Crippen molar-refractivity contribution in [1.29, 1.82) is 0 Å². The van der Waals surface area contributed by atoms with Crippen molar-refractivity contribution < 1.29 is 13.9 Å². The second kappa shape index (κ2) is 6.43. The SMILES string of the molecule is COC(=O)c1cc(Cn2c(=O)ncn2-c2cc(C)ccc2C)oc1C. The van der Waals surface area contributed by atoms with Crippen molar-refractivity contribution in [3.8, 4) is 5.69 Å². The number of methoxy groups -OCH3 is 1. The first kappa shape index (κ1) is 16.8. The minimum absolute atomic E-state index is 0.157. The van der Waals surface area contributed by atoms with Crippen LogP contribution in [0.3, 0.4) is 0 Å². The molecule has 2 heterocycles. The number of rotatable bonds is 4. The van der Waals surface area contributed by atoms with Gasteiger partial charge in [0.25, 0.3) is 0 Å². The van der Waals surface area contributed by atoms with Gasteiger partial charge < -0.3 is 9.15 Å². The van der Waals surface area contributed by atoms with Crippen LogP contribution < -0.4 is 5.69 Å². The van der Waals surface area contributed by atoms with E-state index in [1.54, 1.807) is 17.7 Å². The molecule has 1 aromatic carbocycles. The van der Waals surface area contributed by atoms with Crippen LogP contribution >= 0.6 is 0 Å². The number of aryl methyl sites for hydroxylation is 3. The molecule has 0 aliphatic carbocycles. The Hall–Kier alpha value is -3.09. The van der Waals surface area contributed by atoms with Crippen LogP contribution in [0.25, 0.3) is 5.69 Å². The van der Waals surface area contributed by atoms with Crippen LogP contribution in [0, 0.1) is 20.8 Å². The molecule has 0 spiro atoms. The number of hydrogen-bond donors (Lipinski definition) is 0. The van der Waals surface area contributed by atoms with Crippen molar-refractivity contribution in [2.45, 2.75) is 27.3 Å². The second-order valence-electron chi connectivity index (χ2n) is 5.89. The number of aromatic nitrogens is 3. The predicted octanol–water partition coefficient (Wildman–Crippen LogP) is 2.39. The first-order chi connectivity index (χ1) is 11.9. The van der Waals surface area contributed by atoms with Gasteiger partial charge in [0.05, 0.1) is 12.8 Å². The van der Waals surface area contributed by atoms with Crippen molar-refractivity contribution in [3.05, 3.63) is 69.3 Å². The van der Waals surface area contributed by atoms with E-state index < -0.39 is 11.7 Å². The fourth-order valence-corrected chi connectivity index (χ4v) is 2.71. The van der Waals surface area contributed by atoms with Gasteiger partial charge in [0, 0.05) is 0 Å². The molecule has 0 unspecified atom stereocenters. The van der Waals surface area contributed by atoms with Gasteiger partial charge in [-0.3, -0.25) is 0 Å². The topological polar surface area (TPSA) is 79.3 Å². The van der Waals surface area contributed by atoms with E-state index >= 15 is 0 Å². The van der Waals surface area contributed by atoms with E-state index in [1.807, 2.05) is 32.0 Å². The summed E-state index contributed by atoms with van der Waals surface area (Å²) in [6.07, 6.45) is 1.49. The van der Waals surface area contributed by atoms with Gasteiger partial charge in [-0.2, -0.15) is 4.98 Å². The first-order valence-electron chi connectivity index (χ1n) is 7.80. The normalized spacial score (nSPS) is 10.9. The number of esters is 1. The molecule has 7 heteroatoms. The predicted molar refractivity (Wildman–Crippen MR) is 91.2 cm³/mol. The van der Waals surface area contributed by atoms with E-state index in [4.69, 9.17) is 9.15 Å². The third-order valence-corrected chi connectivity index (χ3v) is 4.05. The van der Waals surface area contributed by atoms with Crippen molar-refractivity contribution in [2.24, 2.45) is 0 Å². The van der Waals surface area contributed by atoms with Gasteiger partial charge in [-0.1, -0.05) is 12.1 Å². The van der Waals surface area contributed by atoms with Crippen molar-refractivity contribution in [3.63, 3.8) is 0 Å². The highest BCUT2D eigenvalue weighted by Gasteiger charge is 2.17. The van der Waals surface area contributed by atoms with Gasteiger partial charge in [-0.05, 0) is 44.0 Å². The number of carbonyl (C=O) groups is 1. The third kappa shape index (κ3) is 3.13. The van der Waals surface area contributed by atoms with Crippen LogP contribution in [0.5, 0.6) is 0 Å². The molecule has 25 heavy (non-hydrogen) atoms. The number of ether oxygens (including phenoxy) is 1. The number of hydrogen-bond acceptors (Lipinski definition) is 5. The van der Waals surface area contributed by atoms with Gasteiger partial charge in [-0.15, -0.1) is 0 Å². The van der Waals surface area contributed by atoms with E-state index in [9.17, 15) is 9.59 Å². The van der Waals surface area contributed by atoms with E-state index in [-0.39, 0.29) is 6.54 Å². The highest BCUT2D eigenvalue weighted by atomic mass is 16.5. The summed E-state index contributed by atoms with van der Waals surface area (Å²) in [5, 5.41) is 0. The summed E-state index contributed by atoms with van der Waals surface area (Å²) in [5.74, 6) is 0.461. The Bertz CT molecular complexity index is 994. The fourth-order valence-electron chi connectivity index (χ4n) is 2.71. The van der Waals surface area contributed by atoms with Crippen LogP contribution in [-0.2, 0) is 11.3 Å². The summed E-state index contributed by atoms with van der Waals surface area (Å²) in [5.41, 5.74) is 2.92. The fraction of sp³-hybridized carbons (Fsp3) is 0.278. The van der Waals surface area contributed by atoms with E-state index in [2.05, 4.69) is 4.98 Å². The highest BCUT2D eigenvalue weighted by molar-refractivity contribution is 5.90. The monoisotopic (exact) mass is 341 g/mol. The van der Waals surface area contributed by atoms with Crippen LogP contribution in [0.2, 0.25) is 0 Å². The van der Waals surface area contributed by atoms with Crippen molar-refractivity contribution in [1.82, 2.24) is 14.3 Å². The van der Waals surface area contributed by atoms with Crippen LogP contribution in [0.1, 0.15) is 33.0 Å². The minimum Gasteiger partial charge on any atom is -0.465 e. The molecule has 0 bridgehead atoms. The maximum atomic E-state index is 12.2. The number of benzene rings is 1. The van der Waals surface area contributed by atoms with Gasteiger partial charge in [0.15, 0.2) is 0 Å². The quantitative estimate of drug-likeness (QED) is 0.681. The first-order valence-corrected chi connectivity index (χ1v) is 7.80. The lowest BCUT2D eigenvalue weighted by Crippen LogP contribution is -2.24. The molecule has 0 atom stereocenters. The Morgan fingerprint density at radius 3 is 2.72 bits per heavy atom. The zero-order valence-corrected chi connectivity index (χ0v) is 14.6. The molecular formula is C18H19N3O4. The Kier molecular flexibility index (Phi) is 4.31. The molecule has 0 N–H and O–H groups in total.